The summed E-state index contributed by atoms with van der Waals surface area (Å²) < 4.78 is 0. The number of rotatable bonds is 8. The first kappa shape index (κ1) is 17.6. The molecule has 0 radical (unpaired) electrons. The fraction of sp³-hybridized carbons (Fsp3) is 0.211. The van der Waals surface area contributed by atoms with Crippen molar-refractivity contribution in [1.82, 2.24) is 20.3 Å². The van der Waals surface area contributed by atoms with Crippen LogP contribution in [0.4, 0.5) is 23.5 Å². The van der Waals surface area contributed by atoms with E-state index in [0.717, 1.165) is 11.3 Å². The molecule has 0 saturated heterocycles. The van der Waals surface area contributed by atoms with Gasteiger partial charge in [-0.05, 0) is 37.2 Å². The van der Waals surface area contributed by atoms with E-state index < -0.39 is 0 Å². The monoisotopic (exact) mass is 349 g/mol. The zero-order valence-electron chi connectivity index (χ0n) is 15.0. The molecule has 0 spiro atoms. The molecular formula is C19H23N7. The third kappa shape index (κ3) is 5.15. The van der Waals surface area contributed by atoms with Gasteiger partial charge in [-0.25, -0.2) is 0 Å². The number of aryl methyl sites for hydroxylation is 1. The molecular weight excluding hydrogens is 326 g/mol. The van der Waals surface area contributed by atoms with Crippen LogP contribution in [0.2, 0.25) is 0 Å². The molecule has 0 aliphatic heterocycles. The molecule has 1 heterocycles. The second-order valence-electron chi connectivity index (χ2n) is 5.85. The lowest BCUT2D eigenvalue weighted by Crippen LogP contribution is -2.19. The summed E-state index contributed by atoms with van der Waals surface area (Å²) in [5.74, 6) is 1.50. The molecule has 0 fully saturated rings. The van der Waals surface area contributed by atoms with Crippen LogP contribution in [0, 0.1) is 6.92 Å². The molecule has 7 heteroatoms. The predicted molar refractivity (Wildman–Crippen MR) is 106 cm³/mol. The van der Waals surface area contributed by atoms with Crippen LogP contribution >= 0.6 is 0 Å². The van der Waals surface area contributed by atoms with Crippen molar-refractivity contribution < 1.29 is 0 Å². The Bertz CT molecular complexity index is 836. The number of aromatic nitrogens is 3. The lowest BCUT2D eigenvalue weighted by Gasteiger charge is -2.11. The molecule has 0 bridgehead atoms. The molecule has 1 aromatic heterocycles. The van der Waals surface area contributed by atoms with E-state index in [9.17, 15) is 0 Å². The van der Waals surface area contributed by atoms with Crippen molar-refractivity contribution in [2.75, 3.05) is 29.7 Å². The fourth-order valence-corrected chi connectivity index (χ4v) is 2.39. The molecule has 7 nitrogen and oxygen atoms in total. The zero-order chi connectivity index (χ0) is 18.2. The minimum absolute atomic E-state index is 0.486. The van der Waals surface area contributed by atoms with Gasteiger partial charge in [0.05, 0.1) is 6.67 Å². The van der Waals surface area contributed by atoms with Gasteiger partial charge in [-0.2, -0.15) is 15.0 Å². The van der Waals surface area contributed by atoms with Crippen LogP contribution in [0.15, 0.2) is 54.6 Å². The summed E-state index contributed by atoms with van der Waals surface area (Å²) in [7, 11) is 1.86. The highest BCUT2D eigenvalue weighted by atomic mass is 15.3. The standard InChI is InChI=1S/C19H23N7/c1-14-7-6-10-16(11-14)23-19-25-17(24-18(26-19)22-13-20-2)21-12-15-8-4-3-5-9-15/h3-11,20H,12-13H2,1-2H3,(H3,21,22,23,24,25,26). The van der Waals surface area contributed by atoms with Crippen molar-refractivity contribution in [3.8, 4) is 0 Å². The van der Waals surface area contributed by atoms with Crippen molar-refractivity contribution in [3.05, 3.63) is 65.7 Å². The number of hydrogen-bond donors (Lipinski definition) is 4. The lowest BCUT2D eigenvalue weighted by molar-refractivity contribution is 0.856. The van der Waals surface area contributed by atoms with Gasteiger partial charge >= 0.3 is 0 Å². The summed E-state index contributed by atoms with van der Waals surface area (Å²) in [6.45, 7) is 3.25. The quantitative estimate of drug-likeness (QED) is 0.465. The molecule has 2 aromatic carbocycles. The number of hydrogen-bond acceptors (Lipinski definition) is 7. The van der Waals surface area contributed by atoms with Crippen LogP contribution in [-0.2, 0) is 6.54 Å². The van der Waals surface area contributed by atoms with Crippen molar-refractivity contribution in [2.45, 2.75) is 13.5 Å². The van der Waals surface area contributed by atoms with Crippen LogP contribution in [0.25, 0.3) is 0 Å². The maximum Gasteiger partial charge on any atom is 0.233 e. The Morgan fingerprint density at radius 1 is 0.808 bits per heavy atom. The predicted octanol–water partition coefficient (Wildman–Crippen LogP) is 3.12. The van der Waals surface area contributed by atoms with Crippen molar-refractivity contribution in [1.29, 1.82) is 0 Å². The first-order valence-corrected chi connectivity index (χ1v) is 8.49. The highest BCUT2D eigenvalue weighted by Gasteiger charge is 2.07. The summed E-state index contributed by atoms with van der Waals surface area (Å²) in [6.07, 6.45) is 0. The number of nitrogens with zero attached hydrogens (tertiary/aromatic N) is 3. The molecule has 26 heavy (non-hydrogen) atoms. The zero-order valence-corrected chi connectivity index (χ0v) is 15.0. The van der Waals surface area contributed by atoms with E-state index in [1.54, 1.807) is 0 Å². The van der Waals surface area contributed by atoms with Crippen LogP contribution < -0.4 is 21.3 Å². The lowest BCUT2D eigenvalue weighted by atomic mass is 10.2. The van der Waals surface area contributed by atoms with Gasteiger partial charge in [0.25, 0.3) is 0 Å². The first-order valence-electron chi connectivity index (χ1n) is 8.49. The van der Waals surface area contributed by atoms with E-state index in [1.165, 1.54) is 5.56 Å². The molecule has 0 aliphatic rings. The van der Waals surface area contributed by atoms with Crippen molar-refractivity contribution >= 4 is 23.5 Å². The molecule has 0 saturated carbocycles. The average molecular weight is 349 g/mol. The second kappa shape index (κ2) is 8.77. The van der Waals surface area contributed by atoms with E-state index in [4.69, 9.17) is 0 Å². The first-order chi connectivity index (χ1) is 12.7. The molecule has 0 atom stereocenters. The highest BCUT2D eigenvalue weighted by molar-refractivity contribution is 5.56. The topological polar surface area (TPSA) is 86.8 Å². The maximum atomic E-state index is 4.48. The van der Waals surface area contributed by atoms with E-state index in [0.29, 0.717) is 31.1 Å². The van der Waals surface area contributed by atoms with E-state index in [-0.39, 0.29) is 0 Å². The molecule has 3 aromatic rings. The van der Waals surface area contributed by atoms with Gasteiger partial charge in [-0.15, -0.1) is 0 Å². The van der Waals surface area contributed by atoms with Gasteiger partial charge < -0.3 is 21.3 Å². The summed E-state index contributed by atoms with van der Waals surface area (Å²) in [4.78, 5) is 13.3. The normalized spacial score (nSPS) is 10.4. The number of benzene rings is 2. The van der Waals surface area contributed by atoms with Crippen LogP contribution in [0.5, 0.6) is 0 Å². The van der Waals surface area contributed by atoms with Gasteiger partial charge in [-0.1, -0.05) is 42.5 Å². The number of anilines is 4. The van der Waals surface area contributed by atoms with E-state index in [1.807, 2.05) is 56.4 Å². The van der Waals surface area contributed by atoms with Gasteiger partial charge in [0.2, 0.25) is 17.8 Å². The fourth-order valence-electron chi connectivity index (χ4n) is 2.39. The minimum Gasteiger partial charge on any atom is -0.350 e. The Labute approximate surface area is 153 Å². The third-order valence-corrected chi connectivity index (χ3v) is 3.63. The molecule has 3 rings (SSSR count). The Kier molecular flexibility index (Phi) is 5.95. The Hall–Kier alpha value is -3.19. The molecule has 0 aliphatic carbocycles. The van der Waals surface area contributed by atoms with Crippen molar-refractivity contribution in [3.63, 3.8) is 0 Å². The minimum atomic E-state index is 0.486. The molecule has 0 amide bonds. The van der Waals surface area contributed by atoms with Gasteiger partial charge in [-0.3, -0.25) is 0 Å². The number of nitrogens with one attached hydrogen (secondary N) is 4. The SMILES string of the molecule is CNCNc1nc(NCc2ccccc2)nc(Nc2cccc(C)c2)n1. The molecule has 134 valence electrons. The molecule has 4 N–H and O–H groups in total. The second-order valence-corrected chi connectivity index (χ2v) is 5.85. The van der Waals surface area contributed by atoms with Gasteiger partial charge in [0, 0.05) is 12.2 Å². The van der Waals surface area contributed by atoms with Crippen LogP contribution in [0.1, 0.15) is 11.1 Å². The summed E-state index contributed by atoms with van der Waals surface area (Å²) in [6, 6.07) is 18.2. The highest BCUT2D eigenvalue weighted by Crippen LogP contribution is 2.17. The Morgan fingerprint density at radius 2 is 1.54 bits per heavy atom. The Balaban J connectivity index is 1.78. The van der Waals surface area contributed by atoms with Gasteiger partial charge in [0.15, 0.2) is 0 Å². The smallest absolute Gasteiger partial charge is 0.233 e. The van der Waals surface area contributed by atoms with Crippen molar-refractivity contribution in [2.24, 2.45) is 0 Å². The van der Waals surface area contributed by atoms with E-state index in [2.05, 4.69) is 48.4 Å². The third-order valence-electron chi connectivity index (χ3n) is 3.63. The Morgan fingerprint density at radius 3 is 2.27 bits per heavy atom. The van der Waals surface area contributed by atoms with Crippen LogP contribution in [0.3, 0.4) is 0 Å². The summed E-state index contributed by atoms with van der Waals surface area (Å²) in [5.41, 5.74) is 3.26. The maximum absolute atomic E-state index is 4.48. The van der Waals surface area contributed by atoms with Crippen LogP contribution in [-0.4, -0.2) is 28.7 Å². The molecule has 0 unspecified atom stereocenters. The largest absolute Gasteiger partial charge is 0.350 e. The van der Waals surface area contributed by atoms with E-state index >= 15 is 0 Å². The summed E-state index contributed by atoms with van der Waals surface area (Å²) in [5, 5.41) is 12.6. The van der Waals surface area contributed by atoms with Gasteiger partial charge in [0.1, 0.15) is 0 Å². The summed E-state index contributed by atoms with van der Waals surface area (Å²) >= 11 is 0. The average Bonchev–Trinajstić information content (AvgIpc) is 2.65.